The maximum Gasteiger partial charge on any atom is 0.239 e. The second kappa shape index (κ2) is 8.01. The normalized spacial score (nSPS) is 11.1. The van der Waals surface area contributed by atoms with E-state index in [1.807, 2.05) is 32.9 Å². The van der Waals surface area contributed by atoms with Crippen molar-refractivity contribution in [1.29, 1.82) is 0 Å². The first-order valence-electron chi connectivity index (χ1n) is 8.60. The third-order valence-electron chi connectivity index (χ3n) is 4.41. The Labute approximate surface area is 165 Å². The van der Waals surface area contributed by atoms with Crippen molar-refractivity contribution in [2.45, 2.75) is 34.6 Å². The molecule has 5 nitrogen and oxygen atoms in total. The summed E-state index contributed by atoms with van der Waals surface area (Å²) in [5.41, 5.74) is 2.52. The zero-order valence-corrected chi connectivity index (χ0v) is 17.2. The Bertz CT molecular complexity index is 868. The molecule has 0 aliphatic rings. The molecular formula is C21H25ClN2O3. The zero-order chi connectivity index (χ0) is 20.4. The highest BCUT2D eigenvalue weighted by molar-refractivity contribution is 6.34. The number of ether oxygens (including phenoxy) is 1. The van der Waals surface area contributed by atoms with E-state index < -0.39 is 17.2 Å². The average molecular weight is 389 g/mol. The van der Waals surface area contributed by atoms with E-state index in [9.17, 15) is 9.59 Å². The van der Waals surface area contributed by atoms with Gasteiger partial charge in [-0.05, 0) is 69.5 Å². The van der Waals surface area contributed by atoms with E-state index in [2.05, 4.69) is 10.6 Å². The van der Waals surface area contributed by atoms with Gasteiger partial charge in [-0.25, -0.2) is 0 Å². The first kappa shape index (κ1) is 20.8. The molecule has 0 aliphatic heterocycles. The minimum absolute atomic E-state index is 0.440. The van der Waals surface area contributed by atoms with Crippen LogP contribution in [-0.2, 0) is 9.59 Å². The largest absolute Gasteiger partial charge is 0.495 e. The minimum Gasteiger partial charge on any atom is -0.495 e. The first-order chi connectivity index (χ1) is 12.6. The third-order valence-corrected chi connectivity index (χ3v) is 4.71. The second-order valence-corrected chi connectivity index (χ2v) is 7.58. The van der Waals surface area contributed by atoms with Crippen molar-refractivity contribution in [2.75, 3.05) is 17.7 Å². The first-order valence-corrected chi connectivity index (χ1v) is 8.98. The summed E-state index contributed by atoms with van der Waals surface area (Å²) in [6.45, 7) is 8.83. The Hall–Kier alpha value is -2.53. The van der Waals surface area contributed by atoms with Gasteiger partial charge in [0.15, 0.2) is 0 Å². The summed E-state index contributed by atoms with van der Waals surface area (Å²) in [4.78, 5) is 25.6. The van der Waals surface area contributed by atoms with E-state index in [4.69, 9.17) is 16.3 Å². The van der Waals surface area contributed by atoms with Gasteiger partial charge in [0.1, 0.15) is 11.2 Å². The van der Waals surface area contributed by atoms with Crippen molar-refractivity contribution >= 4 is 34.8 Å². The lowest BCUT2D eigenvalue weighted by Crippen LogP contribution is -2.41. The fourth-order valence-electron chi connectivity index (χ4n) is 2.65. The molecule has 0 radical (unpaired) electrons. The van der Waals surface area contributed by atoms with Gasteiger partial charge in [0.05, 0.1) is 23.5 Å². The van der Waals surface area contributed by atoms with Gasteiger partial charge in [0.25, 0.3) is 0 Å². The smallest absolute Gasteiger partial charge is 0.239 e. The molecule has 0 spiro atoms. The summed E-state index contributed by atoms with van der Waals surface area (Å²) in [7, 11) is 1.53. The minimum atomic E-state index is -1.32. The van der Waals surface area contributed by atoms with E-state index in [-0.39, 0.29) is 0 Å². The second-order valence-electron chi connectivity index (χ2n) is 7.18. The molecule has 0 saturated carbocycles. The van der Waals surface area contributed by atoms with Gasteiger partial charge >= 0.3 is 0 Å². The van der Waals surface area contributed by atoms with Crippen LogP contribution < -0.4 is 15.4 Å². The molecule has 0 atom stereocenters. The molecule has 0 bridgehead atoms. The molecule has 0 unspecified atom stereocenters. The molecule has 2 N–H and O–H groups in total. The highest BCUT2D eigenvalue weighted by Crippen LogP contribution is 2.31. The molecule has 0 fully saturated rings. The predicted octanol–water partition coefficient (Wildman–Crippen LogP) is 4.88. The van der Waals surface area contributed by atoms with Crippen molar-refractivity contribution in [2.24, 2.45) is 5.41 Å². The number of hydrogen-bond donors (Lipinski definition) is 2. The van der Waals surface area contributed by atoms with Crippen LogP contribution in [0.5, 0.6) is 5.75 Å². The number of hydrogen-bond acceptors (Lipinski definition) is 3. The maximum absolute atomic E-state index is 12.8. The quantitative estimate of drug-likeness (QED) is 0.717. The number of carbonyl (C=O) groups is 2. The van der Waals surface area contributed by atoms with Crippen LogP contribution in [0.25, 0.3) is 0 Å². The maximum atomic E-state index is 12.8. The Balaban J connectivity index is 2.23. The summed E-state index contributed by atoms with van der Waals surface area (Å²) in [6, 6.07) is 9.15. The number of methoxy groups -OCH3 is 1. The number of nitrogens with one attached hydrogen (secondary N) is 2. The van der Waals surface area contributed by atoms with Crippen molar-refractivity contribution in [3.63, 3.8) is 0 Å². The lowest BCUT2D eigenvalue weighted by atomic mass is 9.90. The molecule has 2 amide bonds. The highest BCUT2D eigenvalue weighted by Gasteiger charge is 2.37. The molecule has 0 aliphatic carbocycles. The number of carbonyl (C=O) groups excluding carboxylic acids is 2. The van der Waals surface area contributed by atoms with Crippen molar-refractivity contribution < 1.29 is 14.3 Å². The van der Waals surface area contributed by atoms with Crippen molar-refractivity contribution in [3.8, 4) is 5.75 Å². The van der Waals surface area contributed by atoms with Crippen molar-refractivity contribution in [1.82, 2.24) is 0 Å². The predicted molar refractivity (Wildman–Crippen MR) is 110 cm³/mol. The van der Waals surface area contributed by atoms with Crippen LogP contribution in [0.4, 0.5) is 11.4 Å². The lowest BCUT2D eigenvalue weighted by molar-refractivity contribution is -0.135. The molecule has 0 heterocycles. The number of aryl methyl sites for hydroxylation is 3. The molecule has 6 heteroatoms. The zero-order valence-electron chi connectivity index (χ0n) is 16.5. The van der Waals surface area contributed by atoms with Crippen LogP contribution in [0.2, 0.25) is 5.02 Å². The van der Waals surface area contributed by atoms with E-state index in [0.717, 1.165) is 16.7 Å². The van der Waals surface area contributed by atoms with Gasteiger partial charge in [-0.1, -0.05) is 23.7 Å². The van der Waals surface area contributed by atoms with E-state index in [1.165, 1.54) is 7.11 Å². The highest BCUT2D eigenvalue weighted by atomic mass is 35.5. The molecule has 0 aromatic heterocycles. The summed E-state index contributed by atoms with van der Waals surface area (Å²) in [5, 5.41) is 6.02. The van der Waals surface area contributed by atoms with Crippen LogP contribution in [-0.4, -0.2) is 18.9 Å². The Morgan fingerprint density at radius 2 is 1.59 bits per heavy atom. The van der Waals surface area contributed by atoms with Gasteiger partial charge in [0, 0.05) is 0 Å². The number of benzene rings is 2. The van der Waals surface area contributed by atoms with Crippen LogP contribution in [0.15, 0.2) is 30.3 Å². The molecule has 144 valence electrons. The lowest BCUT2D eigenvalue weighted by Gasteiger charge is -2.24. The van der Waals surface area contributed by atoms with Crippen LogP contribution in [0.3, 0.4) is 0 Å². The van der Waals surface area contributed by atoms with Crippen LogP contribution in [0, 0.1) is 26.2 Å². The summed E-state index contributed by atoms with van der Waals surface area (Å²) < 4.78 is 5.28. The Kier molecular flexibility index (Phi) is 6.16. The molecule has 27 heavy (non-hydrogen) atoms. The summed E-state index contributed by atoms with van der Waals surface area (Å²) in [5.74, 6) is -0.354. The number of halogens is 1. The summed E-state index contributed by atoms with van der Waals surface area (Å²) in [6.07, 6.45) is 0. The van der Waals surface area contributed by atoms with Crippen LogP contribution in [0.1, 0.15) is 30.5 Å². The Morgan fingerprint density at radius 3 is 2.19 bits per heavy atom. The number of amides is 2. The number of rotatable bonds is 5. The van der Waals surface area contributed by atoms with Gasteiger partial charge in [-0.2, -0.15) is 0 Å². The molecular weight excluding hydrogens is 364 g/mol. The van der Waals surface area contributed by atoms with Crippen molar-refractivity contribution in [3.05, 3.63) is 52.0 Å². The molecule has 2 aromatic rings. The topological polar surface area (TPSA) is 67.4 Å². The monoisotopic (exact) mass is 388 g/mol. The molecule has 2 rings (SSSR count). The Morgan fingerprint density at radius 1 is 0.963 bits per heavy atom. The van der Waals surface area contributed by atoms with E-state index in [0.29, 0.717) is 22.1 Å². The summed E-state index contributed by atoms with van der Waals surface area (Å²) >= 11 is 6.26. The number of anilines is 2. The van der Waals surface area contributed by atoms with Gasteiger partial charge < -0.3 is 15.4 Å². The SMILES string of the molecule is COc1ccc(C)cc1NC(=O)C(C)(C)C(=O)Nc1c(C)cc(C)cc1Cl. The van der Waals surface area contributed by atoms with Gasteiger partial charge in [0.2, 0.25) is 11.8 Å². The van der Waals surface area contributed by atoms with Gasteiger partial charge in [-0.15, -0.1) is 0 Å². The fourth-order valence-corrected chi connectivity index (χ4v) is 3.01. The van der Waals surface area contributed by atoms with Gasteiger partial charge in [-0.3, -0.25) is 9.59 Å². The third kappa shape index (κ3) is 4.61. The molecule has 0 saturated heterocycles. The standard InChI is InChI=1S/C21H25ClN2O3/c1-12-7-8-17(27-6)16(11-12)23-19(25)21(4,5)20(26)24-18-14(3)9-13(2)10-15(18)22/h7-11H,1-6H3,(H,23,25)(H,24,26). The van der Waals surface area contributed by atoms with E-state index >= 15 is 0 Å². The average Bonchev–Trinajstić information content (AvgIpc) is 2.57. The fraction of sp³-hybridized carbons (Fsp3) is 0.333. The molecule has 2 aromatic carbocycles. The van der Waals surface area contributed by atoms with Crippen LogP contribution >= 0.6 is 11.6 Å². The van der Waals surface area contributed by atoms with E-state index in [1.54, 1.807) is 32.0 Å².